The summed E-state index contributed by atoms with van der Waals surface area (Å²) in [7, 11) is 0. The highest BCUT2D eigenvalue weighted by molar-refractivity contribution is 5.81. The van der Waals surface area contributed by atoms with E-state index in [2.05, 4.69) is 4.74 Å². The number of rotatable bonds is 3. The zero-order chi connectivity index (χ0) is 10.6. The van der Waals surface area contributed by atoms with Crippen molar-refractivity contribution in [1.82, 2.24) is 0 Å². The van der Waals surface area contributed by atoms with Gasteiger partial charge in [-0.1, -0.05) is 0 Å². The van der Waals surface area contributed by atoms with E-state index >= 15 is 0 Å². The maximum Gasteiger partial charge on any atom is 0.341 e. The molecular formula is C10H15FO3. The highest BCUT2D eigenvalue weighted by atomic mass is 19.1. The van der Waals surface area contributed by atoms with Gasteiger partial charge in [0.15, 0.2) is 6.17 Å². The molecule has 2 atom stereocenters. The number of hydrogen-bond donors (Lipinski definition) is 0. The molecule has 0 aromatic heterocycles. The maximum absolute atomic E-state index is 13.4. The van der Waals surface area contributed by atoms with Crippen molar-refractivity contribution in [2.45, 2.75) is 38.8 Å². The summed E-state index contributed by atoms with van der Waals surface area (Å²) >= 11 is 0. The number of carbonyl (C=O) groups is 2. The van der Waals surface area contributed by atoms with Gasteiger partial charge in [-0.05, 0) is 19.8 Å². The van der Waals surface area contributed by atoms with Crippen molar-refractivity contribution in [3.05, 3.63) is 0 Å². The summed E-state index contributed by atoms with van der Waals surface area (Å²) in [4.78, 5) is 22.1. The monoisotopic (exact) mass is 202 g/mol. The van der Waals surface area contributed by atoms with Crippen molar-refractivity contribution in [2.24, 2.45) is 5.92 Å². The van der Waals surface area contributed by atoms with E-state index in [1.807, 2.05) is 0 Å². The van der Waals surface area contributed by atoms with Gasteiger partial charge < -0.3 is 4.74 Å². The molecule has 0 bridgehead atoms. The number of ether oxygens (including phenoxy) is 1. The molecule has 0 saturated heterocycles. The van der Waals surface area contributed by atoms with Gasteiger partial charge in [-0.2, -0.15) is 0 Å². The van der Waals surface area contributed by atoms with Gasteiger partial charge in [-0.25, -0.2) is 9.18 Å². The molecule has 0 heterocycles. The minimum Gasteiger partial charge on any atom is -0.464 e. The van der Waals surface area contributed by atoms with Crippen LogP contribution in [-0.4, -0.2) is 24.5 Å². The van der Waals surface area contributed by atoms with Crippen LogP contribution in [0, 0.1) is 5.92 Å². The van der Waals surface area contributed by atoms with Crippen LogP contribution in [0.1, 0.15) is 32.6 Å². The Morgan fingerprint density at radius 2 is 2.43 bits per heavy atom. The van der Waals surface area contributed by atoms with Gasteiger partial charge >= 0.3 is 5.97 Å². The van der Waals surface area contributed by atoms with E-state index in [1.165, 1.54) is 0 Å². The fourth-order valence-electron chi connectivity index (χ4n) is 1.72. The summed E-state index contributed by atoms with van der Waals surface area (Å²) in [5.74, 6) is -1.24. The number of alkyl halides is 1. The lowest BCUT2D eigenvalue weighted by Gasteiger charge is -2.22. The normalized spacial score (nSPS) is 24.4. The van der Waals surface area contributed by atoms with Gasteiger partial charge in [-0.15, -0.1) is 0 Å². The second-order valence-electron chi connectivity index (χ2n) is 3.55. The fourth-order valence-corrected chi connectivity index (χ4v) is 1.72. The first-order valence-electron chi connectivity index (χ1n) is 4.97. The average Bonchev–Trinajstić information content (AvgIpc) is 2.17. The van der Waals surface area contributed by atoms with Crippen LogP contribution in [0.25, 0.3) is 0 Å². The molecule has 0 N–H and O–H groups in total. The molecule has 0 radical (unpaired) electrons. The van der Waals surface area contributed by atoms with E-state index in [0.717, 1.165) is 0 Å². The first kappa shape index (κ1) is 11.1. The Labute approximate surface area is 82.6 Å². The molecule has 1 aliphatic rings. The van der Waals surface area contributed by atoms with Crippen molar-refractivity contribution in [2.75, 3.05) is 6.61 Å². The first-order valence-corrected chi connectivity index (χ1v) is 4.97. The minimum atomic E-state index is -1.63. The third kappa shape index (κ3) is 2.79. The smallest absolute Gasteiger partial charge is 0.341 e. The second kappa shape index (κ2) is 5.08. The Morgan fingerprint density at radius 1 is 1.71 bits per heavy atom. The molecule has 14 heavy (non-hydrogen) atoms. The van der Waals surface area contributed by atoms with Crippen LogP contribution in [0.4, 0.5) is 4.39 Å². The topological polar surface area (TPSA) is 43.4 Å². The van der Waals surface area contributed by atoms with Crippen molar-refractivity contribution in [3.8, 4) is 0 Å². The predicted molar refractivity (Wildman–Crippen MR) is 48.5 cm³/mol. The van der Waals surface area contributed by atoms with Crippen LogP contribution in [0.2, 0.25) is 0 Å². The fraction of sp³-hybridized carbons (Fsp3) is 0.800. The third-order valence-electron chi connectivity index (χ3n) is 2.45. The van der Waals surface area contributed by atoms with Gasteiger partial charge in [0.2, 0.25) is 0 Å². The number of Topliss-reactive ketones (excluding diaryl/α,β-unsaturated/α-hetero) is 1. The standard InChI is InChI=1S/C10H15FO3/c1-2-14-10(13)9(11)7-4-3-5-8(12)6-7/h7,9H,2-6H2,1H3/t7-,9+/m1/s1. The van der Waals surface area contributed by atoms with Crippen molar-refractivity contribution in [3.63, 3.8) is 0 Å². The lowest BCUT2D eigenvalue weighted by Crippen LogP contribution is -2.31. The van der Waals surface area contributed by atoms with Gasteiger partial charge in [0, 0.05) is 18.8 Å². The van der Waals surface area contributed by atoms with E-state index in [9.17, 15) is 14.0 Å². The van der Waals surface area contributed by atoms with Crippen LogP contribution in [0.5, 0.6) is 0 Å². The molecule has 1 saturated carbocycles. The summed E-state index contributed by atoms with van der Waals surface area (Å²) in [5.41, 5.74) is 0. The SMILES string of the molecule is CCOC(=O)[C@@H](F)[C@@H]1CCCC(=O)C1. The van der Waals surface area contributed by atoms with E-state index in [-0.39, 0.29) is 18.8 Å². The van der Waals surface area contributed by atoms with E-state index in [0.29, 0.717) is 19.3 Å². The average molecular weight is 202 g/mol. The summed E-state index contributed by atoms with van der Waals surface area (Å²) < 4.78 is 18.0. The van der Waals surface area contributed by atoms with Crippen LogP contribution < -0.4 is 0 Å². The largest absolute Gasteiger partial charge is 0.464 e. The van der Waals surface area contributed by atoms with Crippen LogP contribution >= 0.6 is 0 Å². The van der Waals surface area contributed by atoms with Crippen LogP contribution in [0.15, 0.2) is 0 Å². The third-order valence-corrected chi connectivity index (χ3v) is 2.45. The summed E-state index contributed by atoms with van der Waals surface area (Å²) in [5, 5.41) is 0. The first-order chi connectivity index (χ1) is 6.65. The number of halogens is 1. The Morgan fingerprint density at radius 3 is 3.00 bits per heavy atom. The van der Waals surface area contributed by atoms with Crippen molar-refractivity contribution >= 4 is 11.8 Å². The van der Waals surface area contributed by atoms with E-state index < -0.39 is 18.1 Å². The Hall–Kier alpha value is -0.930. The minimum absolute atomic E-state index is 0.0493. The van der Waals surface area contributed by atoms with Crippen molar-refractivity contribution < 1.29 is 18.7 Å². The van der Waals surface area contributed by atoms with Crippen molar-refractivity contribution in [1.29, 1.82) is 0 Å². The van der Waals surface area contributed by atoms with Gasteiger partial charge in [-0.3, -0.25) is 4.79 Å². The molecule has 0 unspecified atom stereocenters. The molecule has 1 aliphatic carbocycles. The Balaban J connectivity index is 2.46. The maximum atomic E-state index is 13.4. The van der Waals surface area contributed by atoms with E-state index in [4.69, 9.17) is 0 Å². The number of esters is 1. The van der Waals surface area contributed by atoms with E-state index in [1.54, 1.807) is 6.92 Å². The number of hydrogen-bond acceptors (Lipinski definition) is 3. The molecule has 0 aliphatic heterocycles. The van der Waals surface area contributed by atoms with Crippen LogP contribution in [0.3, 0.4) is 0 Å². The Bertz CT molecular complexity index is 227. The highest BCUT2D eigenvalue weighted by Gasteiger charge is 2.32. The number of carbonyl (C=O) groups excluding carboxylic acids is 2. The molecule has 0 aromatic carbocycles. The quantitative estimate of drug-likeness (QED) is 0.653. The molecule has 1 rings (SSSR count). The number of ketones is 1. The Kier molecular flexibility index (Phi) is 4.04. The summed E-state index contributed by atoms with van der Waals surface area (Å²) in [6.07, 6.45) is 0.361. The van der Waals surface area contributed by atoms with Gasteiger partial charge in [0.05, 0.1) is 6.61 Å². The molecule has 0 amide bonds. The van der Waals surface area contributed by atoms with Crippen LogP contribution in [-0.2, 0) is 14.3 Å². The zero-order valence-corrected chi connectivity index (χ0v) is 8.29. The van der Waals surface area contributed by atoms with Gasteiger partial charge in [0.25, 0.3) is 0 Å². The highest BCUT2D eigenvalue weighted by Crippen LogP contribution is 2.26. The molecule has 1 fully saturated rings. The molecular weight excluding hydrogens is 187 g/mol. The molecule has 3 nitrogen and oxygen atoms in total. The lowest BCUT2D eigenvalue weighted by molar-refractivity contribution is -0.152. The second-order valence-corrected chi connectivity index (χ2v) is 3.55. The summed E-state index contributed by atoms with van der Waals surface area (Å²) in [6, 6.07) is 0. The lowest BCUT2D eigenvalue weighted by atomic mass is 9.85. The molecule has 0 aromatic rings. The van der Waals surface area contributed by atoms with Gasteiger partial charge in [0.1, 0.15) is 5.78 Å². The predicted octanol–water partition coefficient (Wildman–Crippen LogP) is 1.65. The molecule has 4 heteroatoms. The molecule has 80 valence electrons. The molecule has 0 spiro atoms. The summed E-state index contributed by atoms with van der Waals surface area (Å²) in [6.45, 7) is 1.82. The zero-order valence-electron chi connectivity index (χ0n) is 8.29.